The Labute approximate surface area is 115 Å². The molecule has 0 aromatic heterocycles. The van der Waals surface area contributed by atoms with Gasteiger partial charge in [0.1, 0.15) is 0 Å². The summed E-state index contributed by atoms with van der Waals surface area (Å²) in [6.45, 7) is 15.3. The van der Waals surface area contributed by atoms with Crippen molar-refractivity contribution in [1.82, 2.24) is 10.2 Å². The summed E-state index contributed by atoms with van der Waals surface area (Å²) in [7, 11) is 0. The Morgan fingerprint density at radius 2 is 1.78 bits per heavy atom. The van der Waals surface area contributed by atoms with Crippen LogP contribution < -0.4 is 5.32 Å². The van der Waals surface area contributed by atoms with E-state index in [-0.39, 0.29) is 0 Å². The van der Waals surface area contributed by atoms with Gasteiger partial charge in [-0.2, -0.15) is 0 Å². The summed E-state index contributed by atoms with van der Waals surface area (Å²) >= 11 is 0. The Morgan fingerprint density at radius 1 is 1.17 bits per heavy atom. The second-order valence-electron chi connectivity index (χ2n) is 6.18. The lowest BCUT2D eigenvalue weighted by molar-refractivity contribution is 0.106. The maximum atomic E-state index is 3.76. The van der Waals surface area contributed by atoms with Gasteiger partial charge in [-0.1, -0.05) is 27.7 Å². The molecule has 0 aromatic carbocycles. The third kappa shape index (κ3) is 4.55. The normalized spacial score (nSPS) is 18.3. The molecule has 0 bridgehead atoms. The molecule has 0 aliphatic heterocycles. The summed E-state index contributed by atoms with van der Waals surface area (Å²) in [5, 5.41) is 3.76. The summed E-state index contributed by atoms with van der Waals surface area (Å²) in [5.74, 6) is 0. The zero-order valence-electron chi connectivity index (χ0n) is 13.3. The Hall–Kier alpha value is -0.0800. The van der Waals surface area contributed by atoms with Crippen molar-refractivity contribution < 1.29 is 0 Å². The predicted octanol–water partition coefficient (Wildman–Crippen LogP) is 3.67. The molecule has 2 heteroatoms. The highest BCUT2D eigenvalue weighted by molar-refractivity contribution is 4.89. The summed E-state index contributed by atoms with van der Waals surface area (Å²) in [5.41, 5.74) is 0.474. The van der Waals surface area contributed by atoms with Crippen LogP contribution in [0.5, 0.6) is 0 Å². The van der Waals surface area contributed by atoms with Gasteiger partial charge in [-0.3, -0.25) is 0 Å². The zero-order valence-corrected chi connectivity index (χ0v) is 13.3. The van der Waals surface area contributed by atoms with E-state index in [1.54, 1.807) is 0 Å². The van der Waals surface area contributed by atoms with Gasteiger partial charge in [-0.25, -0.2) is 0 Å². The SMILES string of the molecule is CCC(C)N(CC)CC(CC)(CC)CNC1CC1. The monoisotopic (exact) mass is 254 g/mol. The van der Waals surface area contributed by atoms with Crippen LogP contribution in [0.4, 0.5) is 0 Å². The second-order valence-corrected chi connectivity index (χ2v) is 6.18. The summed E-state index contributed by atoms with van der Waals surface area (Å²) in [4.78, 5) is 2.67. The average molecular weight is 254 g/mol. The molecule has 1 rings (SSSR count). The zero-order chi connectivity index (χ0) is 13.6. The molecular weight excluding hydrogens is 220 g/mol. The lowest BCUT2D eigenvalue weighted by Crippen LogP contribution is -2.46. The fourth-order valence-electron chi connectivity index (χ4n) is 2.70. The first-order valence-electron chi connectivity index (χ1n) is 8.08. The van der Waals surface area contributed by atoms with E-state index >= 15 is 0 Å². The molecular formula is C16H34N2. The molecule has 1 fully saturated rings. The van der Waals surface area contributed by atoms with E-state index in [9.17, 15) is 0 Å². The van der Waals surface area contributed by atoms with E-state index in [2.05, 4.69) is 44.8 Å². The fourth-order valence-corrected chi connectivity index (χ4v) is 2.70. The third-order valence-electron chi connectivity index (χ3n) is 5.00. The van der Waals surface area contributed by atoms with E-state index in [1.807, 2.05) is 0 Å². The van der Waals surface area contributed by atoms with Crippen molar-refractivity contribution in [3.8, 4) is 0 Å². The van der Waals surface area contributed by atoms with Crippen molar-refractivity contribution in [2.24, 2.45) is 5.41 Å². The molecule has 0 radical (unpaired) electrons. The minimum atomic E-state index is 0.474. The van der Waals surface area contributed by atoms with Crippen LogP contribution in [0.25, 0.3) is 0 Å². The van der Waals surface area contributed by atoms with E-state index in [0.29, 0.717) is 11.5 Å². The summed E-state index contributed by atoms with van der Waals surface area (Å²) < 4.78 is 0. The molecule has 0 spiro atoms. The van der Waals surface area contributed by atoms with Crippen molar-refractivity contribution in [2.45, 2.75) is 78.8 Å². The van der Waals surface area contributed by atoms with Gasteiger partial charge in [0.15, 0.2) is 0 Å². The molecule has 1 saturated carbocycles. The fraction of sp³-hybridized carbons (Fsp3) is 1.00. The van der Waals surface area contributed by atoms with E-state index in [4.69, 9.17) is 0 Å². The molecule has 1 N–H and O–H groups in total. The molecule has 0 saturated heterocycles. The van der Waals surface area contributed by atoms with Crippen LogP contribution in [0.3, 0.4) is 0 Å². The van der Waals surface area contributed by atoms with Crippen LogP contribution in [-0.4, -0.2) is 36.6 Å². The van der Waals surface area contributed by atoms with Crippen LogP contribution in [0.1, 0.15) is 66.7 Å². The van der Waals surface area contributed by atoms with E-state index < -0.39 is 0 Å². The largest absolute Gasteiger partial charge is 0.313 e. The van der Waals surface area contributed by atoms with E-state index in [1.165, 1.54) is 51.7 Å². The first-order chi connectivity index (χ1) is 8.60. The van der Waals surface area contributed by atoms with Crippen molar-refractivity contribution in [1.29, 1.82) is 0 Å². The van der Waals surface area contributed by atoms with Crippen molar-refractivity contribution in [2.75, 3.05) is 19.6 Å². The number of rotatable bonds is 10. The number of hydrogen-bond donors (Lipinski definition) is 1. The minimum Gasteiger partial charge on any atom is -0.313 e. The smallest absolute Gasteiger partial charge is 0.00684 e. The minimum absolute atomic E-state index is 0.474. The quantitative estimate of drug-likeness (QED) is 0.640. The van der Waals surface area contributed by atoms with Gasteiger partial charge in [0.05, 0.1) is 0 Å². The van der Waals surface area contributed by atoms with Crippen LogP contribution in [0, 0.1) is 5.41 Å². The van der Waals surface area contributed by atoms with Crippen LogP contribution in [0.2, 0.25) is 0 Å². The maximum absolute atomic E-state index is 3.76. The van der Waals surface area contributed by atoms with Gasteiger partial charge >= 0.3 is 0 Å². The molecule has 18 heavy (non-hydrogen) atoms. The topological polar surface area (TPSA) is 15.3 Å². The molecule has 0 heterocycles. The molecule has 2 nitrogen and oxygen atoms in total. The molecule has 0 amide bonds. The molecule has 1 aliphatic rings. The first-order valence-corrected chi connectivity index (χ1v) is 8.08. The second kappa shape index (κ2) is 7.49. The third-order valence-corrected chi connectivity index (χ3v) is 5.00. The Bertz CT molecular complexity index is 219. The highest BCUT2D eigenvalue weighted by Crippen LogP contribution is 2.30. The molecule has 1 atom stereocenters. The summed E-state index contributed by atoms with van der Waals surface area (Å²) in [6, 6.07) is 1.55. The van der Waals surface area contributed by atoms with Crippen LogP contribution >= 0.6 is 0 Å². The molecule has 108 valence electrons. The highest BCUT2D eigenvalue weighted by atomic mass is 15.2. The van der Waals surface area contributed by atoms with Gasteiger partial charge in [-0.15, -0.1) is 0 Å². The van der Waals surface area contributed by atoms with Crippen LogP contribution in [-0.2, 0) is 0 Å². The van der Waals surface area contributed by atoms with Gasteiger partial charge < -0.3 is 10.2 Å². The molecule has 0 aromatic rings. The molecule has 1 aliphatic carbocycles. The van der Waals surface area contributed by atoms with Crippen molar-refractivity contribution in [3.05, 3.63) is 0 Å². The van der Waals surface area contributed by atoms with Gasteiger partial charge in [0, 0.05) is 25.2 Å². The lowest BCUT2D eigenvalue weighted by atomic mass is 9.81. The van der Waals surface area contributed by atoms with E-state index in [0.717, 1.165) is 6.04 Å². The number of nitrogens with one attached hydrogen (secondary N) is 1. The average Bonchev–Trinajstić information content (AvgIpc) is 3.23. The first kappa shape index (κ1) is 16.0. The van der Waals surface area contributed by atoms with Gasteiger partial charge in [-0.05, 0) is 51.0 Å². The van der Waals surface area contributed by atoms with Gasteiger partial charge in [0.2, 0.25) is 0 Å². The molecule has 1 unspecified atom stereocenters. The van der Waals surface area contributed by atoms with Crippen LogP contribution in [0.15, 0.2) is 0 Å². The van der Waals surface area contributed by atoms with Crippen molar-refractivity contribution in [3.63, 3.8) is 0 Å². The highest BCUT2D eigenvalue weighted by Gasteiger charge is 2.32. The predicted molar refractivity (Wildman–Crippen MR) is 81.0 cm³/mol. The Balaban J connectivity index is 2.56. The number of hydrogen-bond acceptors (Lipinski definition) is 2. The lowest BCUT2D eigenvalue weighted by Gasteiger charge is -2.39. The summed E-state index contributed by atoms with van der Waals surface area (Å²) in [6.07, 6.45) is 6.62. The standard InChI is InChI=1S/C16H34N2/c1-6-14(5)18(9-4)13-16(7-2,8-3)12-17-15-10-11-15/h14-15,17H,6-13H2,1-5H3. The van der Waals surface area contributed by atoms with Crippen molar-refractivity contribution >= 4 is 0 Å². The number of nitrogens with zero attached hydrogens (tertiary/aromatic N) is 1. The Morgan fingerprint density at radius 3 is 2.17 bits per heavy atom. The maximum Gasteiger partial charge on any atom is 0.00684 e. The van der Waals surface area contributed by atoms with Gasteiger partial charge in [0.25, 0.3) is 0 Å². The Kier molecular flexibility index (Phi) is 6.65.